The summed E-state index contributed by atoms with van der Waals surface area (Å²) in [5, 5.41) is 2.95. The Morgan fingerprint density at radius 2 is 2.25 bits per heavy atom. The molecule has 1 aromatic rings. The van der Waals surface area contributed by atoms with E-state index < -0.39 is 6.10 Å². The molecule has 1 amide bonds. The molecule has 132 valence electrons. The van der Waals surface area contributed by atoms with Crippen molar-refractivity contribution in [2.75, 3.05) is 19.8 Å². The molecule has 2 aliphatic heterocycles. The first-order valence-electron chi connectivity index (χ1n) is 8.63. The monoisotopic (exact) mass is 334 g/mol. The Labute approximate surface area is 142 Å². The van der Waals surface area contributed by atoms with Gasteiger partial charge in [-0.3, -0.25) is 4.79 Å². The molecule has 2 heterocycles. The number of nitrogens with one attached hydrogen (secondary N) is 1. The quantitative estimate of drug-likeness (QED) is 0.819. The Kier molecular flexibility index (Phi) is 5.71. The van der Waals surface area contributed by atoms with Crippen LogP contribution >= 0.6 is 0 Å². The molecule has 0 radical (unpaired) electrons. The van der Waals surface area contributed by atoms with Crippen LogP contribution < -0.4 is 15.8 Å². The third kappa shape index (κ3) is 4.26. The lowest BCUT2D eigenvalue weighted by atomic mass is 10.1. The van der Waals surface area contributed by atoms with Crippen molar-refractivity contribution >= 4 is 5.91 Å². The maximum absolute atomic E-state index is 12.3. The number of hydrogen-bond acceptors (Lipinski definition) is 5. The molecule has 2 aliphatic rings. The number of aryl methyl sites for hydroxylation is 1. The minimum absolute atomic E-state index is 0.00128. The lowest BCUT2D eigenvalue weighted by molar-refractivity contribution is -0.132. The highest BCUT2D eigenvalue weighted by Crippen LogP contribution is 2.24. The molecule has 0 aromatic heterocycles. The summed E-state index contributed by atoms with van der Waals surface area (Å²) in [4.78, 5) is 12.3. The minimum Gasteiger partial charge on any atom is -0.488 e. The number of amides is 1. The maximum atomic E-state index is 12.3. The van der Waals surface area contributed by atoms with Crippen LogP contribution in [0.5, 0.6) is 5.75 Å². The van der Waals surface area contributed by atoms with Crippen LogP contribution in [0, 0.1) is 6.92 Å². The summed E-state index contributed by atoms with van der Waals surface area (Å²) in [7, 11) is 0. The van der Waals surface area contributed by atoms with E-state index in [-0.39, 0.29) is 18.1 Å². The molecule has 3 N–H and O–H groups in total. The first kappa shape index (κ1) is 17.2. The molecule has 0 bridgehead atoms. The summed E-state index contributed by atoms with van der Waals surface area (Å²) in [6.07, 6.45) is 2.16. The predicted molar refractivity (Wildman–Crippen MR) is 89.8 cm³/mol. The van der Waals surface area contributed by atoms with Gasteiger partial charge in [-0.2, -0.15) is 0 Å². The largest absolute Gasteiger partial charge is 0.488 e. The van der Waals surface area contributed by atoms with Crippen LogP contribution in [-0.2, 0) is 20.8 Å². The first-order chi connectivity index (χ1) is 11.7. The Hall–Kier alpha value is -1.63. The summed E-state index contributed by atoms with van der Waals surface area (Å²) in [6, 6.07) is 6.03. The van der Waals surface area contributed by atoms with Gasteiger partial charge in [-0.1, -0.05) is 12.1 Å². The molecule has 1 unspecified atom stereocenters. The number of hydrogen-bond donors (Lipinski definition) is 2. The smallest absolute Gasteiger partial charge is 0.249 e. The minimum atomic E-state index is -0.392. The molecule has 0 spiro atoms. The fourth-order valence-electron chi connectivity index (χ4n) is 3.07. The van der Waals surface area contributed by atoms with Crippen LogP contribution in [-0.4, -0.2) is 44.0 Å². The first-order valence-corrected chi connectivity index (χ1v) is 8.63. The summed E-state index contributed by atoms with van der Waals surface area (Å²) in [5.41, 5.74) is 7.68. The van der Waals surface area contributed by atoms with Gasteiger partial charge in [-0.15, -0.1) is 0 Å². The van der Waals surface area contributed by atoms with Crippen molar-refractivity contribution in [2.24, 2.45) is 5.73 Å². The molecule has 1 aromatic carbocycles. The number of carbonyl (C=O) groups excluding carboxylic acids is 1. The van der Waals surface area contributed by atoms with Gasteiger partial charge in [-0.25, -0.2) is 0 Å². The summed E-state index contributed by atoms with van der Waals surface area (Å²) in [6.45, 7) is 4.28. The molecule has 2 fully saturated rings. The van der Waals surface area contributed by atoms with Gasteiger partial charge in [0.2, 0.25) is 5.91 Å². The van der Waals surface area contributed by atoms with Crippen molar-refractivity contribution in [3.63, 3.8) is 0 Å². The Bertz CT molecular complexity index is 572. The van der Waals surface area contributed by atoms with Gasteiger partial charge < -0.3 is 25.3 Å². The van der Waals surface area contributed by atoms with Gasteiger partial charge in [0.25, 0.3) is 0 Å². The van der Waals surface area contributed by atoms with E-state index in [1.807, 2.05) is 25.1 Å². The third-order valence-electron chi connectivity index (χ3n) is 4.52. The van der Waals surface area contributed by atoms with Gasteiger partial charge in [0.15, 0.2) is 0 Å². The van der Waals surface area contributed by atoms with E-state index in [1.54, 1.807) is 0 Å². The molecular formula is C18H26N2O4. The van der Waals surface area contributed by atoms with Gasteiger partial charge in [0.1, 0.15) is 18.0 Å². The standard InChI is InChI=1S/C18H26N2O4/c1-12-2-3-13(17(8-12)24-15-6-7-22-11-15)10-20-18(21)16-5-4-14(9-19)23-16/h2-3,8,14-16H,4-7,9-11,19H2,1H3,(H,20,21)/t14-,15?,16+/m1/s1. The number of carbonyl (C=O) groups is 1. The van der Waals surface area contributed by atoms with E-state index in [4.69, 9.17) is 19.9 Å². The van der Waals surface area contributed by atoms with Crippen molar-refractivity contribution in [1.29, 1.82) is 0 Å². The number of benzene rings is 1. The van der Waals surface area contributed by atoms with Crippen molar-refractivity contribution in [1.82, 2.24) is 5.32 Å². The summed E-state index contributed by atoms with van der Waals surface area (Å²) >= 11 is 0. The van der Waals surface area contributed by atoms with Gasteiger partial charge >= 0.3 is 0 Å². The van der Waals surface area contributed by atoms with Crippen LogP contribution in [0.3, 0.4) is 0 Å². The Morgan fingerprint density at radius 3 is 2.96 bits per heavy atom. The zero-order valence-electron chi connectivity index (χ0n) is 14.1. The van der Waals surface area contributed by atoms with Crippen LogP contribution in [0.15, 0.2) is 18.2 Å². The maximum Gasteiger partial charge on any atom is 0.249 e. The number of rotatable bonds is 6. The fourth-order valence-corrected chi connectivity index (χ4v) is 3.07. The van der Waals surface area contributed by atoms with Crippen LogP contribution in [0.25, 0.3) is 0 Å². The Balaban J connectivity index is 1.59. The van der Waals surface area contributed by atoms with Crippen LogP contribution in [0.4, 0.5) is 0 Å². The summed E-state index contributed by atoms with van der Waals surface area (Å²) < 4.78 is 17.1. The van der Waals surface area contributed by atoms with E-state index >= 15 is 0 Å². The van der Waals surface area contributed by atoms with Crippen molar-refractivity contribution in [3.05, 3.63) is 29.3 Å². The van der Waals surface area contributed by atoms with Crippen molar-refractivity contribution in [2.45, 2.75) is 51.0 Å². The van der Waals surface area contributed by atoms with E-state index in [0.29, 0.717) is 19.7 Å². The molecule has 24 heavy (non-hydrogen) atoms. The average Bonchev–Trinajstić information content (AvgIpc) is 3.25. The normalized spacial score (nSPS) is 26.5. The highest BCUT2D eigenvalue weighted by Gasteiger charge is 2.29. The van der Waals surface area contributed by atoms with Crippen LogP contribution in [0.2, 0.25) is 0 Å². The van der Waals surface area contributed by atoms with Crippen LogP contribution in [0.1, 0.15) is 30.4 Å². The molecular weight excluding hydrogens is 308 g/mol. The lowest BCUT2D eigenvalue weighted by Crippen LogP contribution is -2.35. The SMILES string of the molecule is Cc1ccc(CNC(=O)[C@@H]2CC[C@H](CN)O2)c(OC2CCOC2)c1. The van der Waals surface area contributed by atoms with Crippen molar-refractivity contribution in [3.8, 4) is 5.75 Å². The molecule has 6 heteroatoms. The van der Waals surface area contributed by atoms with Gasteiger partial charge in [0.05, 0.1) is 19.3 Å². The molecule has 0 aliphatic carbocycles. The summed E-state index contributed by atoms with van der Waals surface area (Å²) in [5.74, 6) is 0.736. The molecule has 3 rings (SSSR count). The zero-order chi connectivity index (χ0) is 16.9. The highest BCUT2D eigenvalue weighted by atomic mass is 16.5. The topological polar surface area (TPSA) is 82.8 Å². The number of nitrogens with two attached hydrogens (primary N) is 1. The molecule has 2 saturated heterocycles. The lowest BCUT2D eigenvalue weighted by Gasteiger charge is -2.18. The van der Waals surface area contributed by atoms with E-state index in [1.165, 1.54) is 0 Å². The molecule has 3 atom stereocenters. The third-order valence-corrected chi connectivity index (χ3v) is 4.52. The second kappa shape index (κ2) is 7.96. The van der Waals surface area contributed by atoms with Gasteiger partial charge in [0, 0.05) is 25.1 Å². The van der Waals surface area contributed by atoms with E-state index in [2.05, 4.69) is 5.32 Å². The van der Waals surface area contributed by atoms with Crippen molar-refractivity contribution < 1.29 is 19.0 Å². The second-order valence-corrected chi connectivity index (χ2v) is 6.49. The number of ether oxygens (including phenoxy) is 3. The zero-order valence-corrected chi connectivity index (χ0v) is 14.1. The highest BCUT2D eigenvalue weighted by molar-refractivity contribution is 5.81. The van der Waals surface area contributed by atoms with E-state index in [9.17, 15) is 4.79 Å². The average molecular weight is 334 g/mol. The fraction of sp³-hybridized carbons (Fsp3) is 0.611. The van der Waals surface area contributed by atoms with E-state index in [0.717, 1.165) is 42.7 Å². The molecule has 6 nitrogen and oxygen atoms in total. The second-order valence-electron chi connectivity index (χ2n) is 6.49. The molecule has 0 saturated carbocycles. The predicted octanol–water partition coefficient (Wildman–Crippen LogP) is 1.29. The van der Waals surface area contributed by atoms with Gasteiger partial charge in [-0.05, 0) is 31.4 Å². The Morgan fingerprint density at radius 1 is 1.38 bits per heavy atom.